The summed E-state index contributed by atoms with van der Waals surface area (Å²) >= 11 is 1.63. The van der Waals surface area contributed by atoms with E-state index < -0.39 is 6.23 Å². The Balaban J connectivity index is 2.35. The molecule has 74 valence electrons. The number of aliphatic hydroxyl groups is 1. The molecule has 1 aromatic rings. The van der Waals surface area contributed by atoms with Crippen molar-refractivity contribution in [1.82, 2.24) is 0 Å². The van der Waals surface area contributed by atoms with Gasteiger partial charge in [0.1, 0.15) is 6.54 Å². The van der Waals surface area contributed by atoms with Gasteiger partial charge in [0.25, 0.3) is 0 Å². The highest BCUT2D eigenvalue weighted by atomic mass is 32.2. The van der Waals surface area contributed by atoms with Gasteiger partial charge in [-0.1, -0.05) is 17.4 Å². The van der Waals surface area contributed by atoms with Crippen molar-refractivity contribution in [3.8, 4) is 0 Å². The van der Waals surface area contributed by atoms with E-state index in [4.69, 9.17) is 0 Å². The van der Waals surface area contributed by atoms with Crippen LogP contribution in [0.15, 0.2) is 39.5 Å². The minimum atomic E-state index is -0.622. The Labute approximate surface area is 86.6 Å². The Kier molecular flexibility index (Phi) is 2.69. The highest BCUT2D eigenvalue weighted by molar-refractivity contribution is 7.98. The Morgan fingerprint density at radius 1 is 1.50 bits per heavy atom. The largest absolute Gasteiger partial charge is 0.370 e. The van der Waals surface area contributed by atoms with E-state index in [9.17, 15) is 5.11 Å². The van der Waals surface area contributed by atoms with Crippen molar-refractivity contribution < 1.29 is 5.11 Å². The van der Waals surface area contributed by atoms with Crippen LogP contribution in [0.5, 0.6) is 0 Å². The molecule has 1 unspecified atom stereocenters. The summed E-state index contributed by atoms with van der Waals surface area (Å²) in [5.41, 5.74) is 0.911. The van der Waals surface area contributed by atoms with Gasteiger partial charge in [-0.15, -0.1) is 11.8 Å². The first-order chi connectivity index (χ1) is 6.83. The lowest BCUT2D eigenvalue weighted by Gasteiger charge is -2.19. The summed E-state index contributed by atoms with van der Waals surface area (Å²) in [5.74, 6) is 0. The van der Waals surface area contributed by atoms with Gasteiger partial charge in [0.15, 0.2) is 6.23 Å². The topological polar surface area (TPSA) is 48.2 Å². The first-order valence-electron chi connectivity index (χ1n) is 4.30. The maximum atomic E-state index is 9.59. The first-order valence-corrected chi connectivity index (χ1v) is 5.53. The quantitative estimate of drug-likeness (QED) is 0.757. The van der Waals surface area contributed by atoms with Crippen molar-refractivity contribution in [2.24, 2.45) is 10.3 Å². The van der Waals surface area contributed by atoms with Crippen molar-refractivity contribution in [1.29, 1.82) is 0 Å². The summed E-state index contributed by atoms with van der Waals surface area (Å²) in [6, 6.07) is 7.82. The molecule has 1 aliphatic rings. The molecule has 0 aromatic heterocycles. The summed E-state index contributed by atoms with van der Waals surface area (Å²) < 4.78 is 0. The second kappa shape index (κ2) is 3.98. The molecule has 1 aliphatic heterocycles. The molecule has 0 radical (unpaired) electrons. The van der Waals surface area contributed by atoms with Crippen LogP contribution in [0, 0.1) is 0 Å². The average molecular weight is 209 g/mol. The number of hydrogen-bond donors (Lipinski definition) is 1. The lowest BCUT2D eigenvalue weighted by molar-refractivity contribution is 0.193. The summed E-state index contributed by atoms with van der Waals surface area (Å²) in [6.45, 7) is 0.350. The lowest BCUT2D eigenvalue weighted by atomic mass is 10.3. The van der Waals surface area contributed by atoms with Gasteiger partial charge in [0.2, 0.25) is 0 Å². The van der Waals surface area contributed by atoms with Gasteiger partial charge in [-0.3, -0.25) is 0 Å². The highest BCUT2D eigenvalue weighted by Crippen LogP contribution is 2.31. The number of rotatable bonds is 2. The monoisotopic (exact) mass is 209 g/mol. The third-order valence-electron chi connectivity index (χ3n) is 2.02. The first kappa shape index (κ1) is 9.48. The molecule has 4 nitrogen and oxygen atoms in total. The van der Waals surface area contributed by atoms with E-state index in [1.807, 2.05) is 30.5 Å². The third kappa shape index (κ3) is 1.60. The van der Waals surface area contributed by atoms with Crippen LogP contribution in [0.3, 0.4) is 0 Å². The minimum Gasteiger partial charge on any atom is -0.370 e. The van der Waals surface area contributed by atoms with Crippen LogP contribution < -0.4 is 5.01 Å². The molecule has 1 heterocycles. The summed E-state index contributed by atoms with van der Waals surface area (Å²) in [7, 11) is 0. The zero-order valence-corrected chi connectivity index (χ0v) is 8.61. The number of hydrogen-bond acceptors (Lipinski definition) is 5. The third-order valence-corrected chi connectivity index (χ3v) is 2.80. The second-order valence-corrected chi connectivity index (χ2v) is 3.76. The van der Waals surface area contributed by atoms with E-state index in [1.54, 1.807) is 16.8 Å². The molecule has 2 rings (SSSR count). The Morgan fingerprint density at radius 3 is 2.93 bits per heavy atom. The van der Waals surface area contributed by atoms with Crippen LogP contribution in [0.2, 0.25) is 0 Å². The van der Waals surface area contributed by atoms with Crippen LogP contribution in [-0.2, 0) is 0 Å². The number of aliphatic hydroxyl groups excluding tert-OH is 1. The maximum Gasteiger partial charge on any atom is 0.170 e. The van der Waals surface area contributed by atoms with E-state index in [0.717, 1.165) is 10.6 Å². The van der Waals surface area contributed by atoms with E-state index >= 15 is 0 Å². The lowest BCUT2D eigenvalue weighted by Crippen LogP contribution is -2.28. The van der Waals surface area contributed by atoms with Crippen LogP contribution >= 0.6 is 11.8 Å². The zero-order chi connectivity index (χ0) is 9.97. The van der Waals surface area contributed by atoms with E-state index in [-0.39, 0.29) is 0 Å². The zero-order valence-electron chi connectivity index (χ0n) is 7.79. The fraction of sp³-hybridized carbons (Fsp3) is 0.333. The van der Waals surface area contributed by atoms with Crippen LogP contribution in [0.1, 0.15) is 0 Å². The van der Waals surface area contributed by atoms with E-state index in [1.165, 1.54) is 0 Å². The maximum absolute atomic E-state index is 9.59. The van der Waals surface area contributed by atoms with E-state index in [2.05, 4.69) is 10.3 Å². The molecule has 0 aliphatic carbocycles. The molecule has 0 fully saturated rings. The van der Waals surface area contributed by atoms with Crippen molar-refractivity contribution in [3.05, 3.63) is 24.3 Å². The Morgan fingerprint density at radius 2 is 2.29 bits per heavy atom. The predicted octanol–water partition coefficient (Wildman–Crippen LogP) is 1.91. The minimum absolute atomic E-state index is 0.350. The number of benzene rings is 1. The highest BCUT2D eigenvalue weighted by Gasteiger charge is 2.22. The molecule has 0 amide bonds. The molecule has 1 N–H and O–H groups in total. The van der Waals surface area contributed by atoms with Crippen molar-refractivity contribution in [3.63, 3.8) is 0 Å². The van der Waals surface area contributed by atoms with Gasteiger partial charge >= 0.3 is 0 Å². The fourth-order valence-electron chi connectivity index (χ4n) is 1.34. The van der Waals surface area contributed by atoms with E-state index in [0.29, 0.717) is 6.54 Å². The van der Waals surface area contributed by atoms with Crippen LogP contribution in [-0.4, -0.2) is 24.1 Å². The Bertz CT molecular complexity index is 356. The molecule has 5 heteroatoms. The number of anilines is 1. The second-order valence-electron chi connectivity index (χ2n) is 2.91. The number of nitrogens with zero attached hydrogens (tertiary/aromatic N) is 3. The smallest absolute Gasteiger partial charge is 0.170 e. The SMILES string of the molecule is CSc1ccccc1N1N=NCC1O. The standard InChI is InChI=1S/C9H11N3OS/c1-14-8-5-3-2-4-7(8)12-9(13)6-10-11-12/h2-5,9,13H,6H2,1H3. The summed E-state index contributed by atoms with van der Waals surface area (Å²) in [5, 5.41) is 18.8. The Hall–Kier alpha value is -1.07. The average Bonchev–Trinajstić information content (AvgIpc) is 2.64. The molecule has 14 heavy (non-hydrogen) atoms. The van der Waals surface area contributed by atoms with Gasteiger partial charge in [-0.25, -0.2) is 5.01 Å². The molecule has 1 aromatic carbocycles. The van der Waals surface area contributed by atoms with Gasteiger partial charge < -0.3 is 5.11 Å². The fourth-order valence-corrected chi connectivity index (χ4v) is 1.93. The van der Waals surface area contributed by atoms with Crippen molar-refractivity contribution in [2.45, 2.75) is 11.1 Å². The number of thioether (sulfide) groups is 1. The van der Waals surface area contributed by atoms with Gasteiger partial charge in [-0.2, -0.15) is 5.11 Å². The summed E-state index contributed by atoms with van der Waals surface area (Å²) in [6.07, 6.45) is 1.38. The molecular formula is C9H11N3OS. The van der Waals surface area contributed by atoms with Crippen LogP contribution in [0.4, 0.5) is 5.69 Å². The molecule has 0 bridgehead atoms. The normalized spacial score (nSPS) is 20.4. The van der Waals surface area contributed by atoms with Gasteiger partial charge in [0, 0.05) is 4.90 Å². The van der Waals surface area contributed by atoms with Crippen LogP contribution in [0.25, 0.3) is 0 Å². The van der Waals surface area contributed by atoms with Gasteiger partial charge in [-0.05, 0) is 18.4 Å². The van der Waals surface area contributed by atoms with Crippen molar-refractivity contribution in [2.75, 3.05) is 17.8 Å². The van der Waals surface area contributed by atoms with Crippen molar-refractivity contribution >= 4 is 17.4 Å². The predicted molar refractivity (Wildman–Crippen MR) is 56.4 cm³/mol. The number of para-hydroxylation sites is 1. The molecule has 0 saturated heterocycles. The molecule has 0 saturated carbocycles. The molecule has 1 atom stereocenters. The summed E-state index contributed by atoms with van der Waals surface area (Å²) in [4.78, 5) is 1.09. The molecule has 0 spiro atoms. The van der Waals surface area contributed by atoms with Gasteiger partial charge in [0.05, 0.1) is 5.69 Å². The molecular weight excluding hydrogens is 198 g/mol.